The van der Waals surface area contributed by atoms with E-state index in [4.69, 9.17) is 0 Å². The van der Waals surface area contributed by atoms with E-state index in [0.29, 0.717) is 0 Å². The maximum atomic E-state index is 4.37. The van der Waals surface area contributed by atoms with E-state index >= 15 is 0 Å². The Morgan fingerprint density at radius 3 is 1.09 bits per heavy atom. The van der Waals surface area contributed by atoms with E-state index in [0.717, 1.165) is 51.0 Å². The molecule has 0 spiro atoms. The van der Waals surface area contributed by atoms with Crippen LogP contribution in [0.15, 0.2) is 303 Å². The van der Waals surface area contributed by atoms with Crippen LogP contribution >= 0.6 is 0 Å². The van der Waals surface area contributed by atoms with Gasteiger partial charge in [-0.05, 0) is 135 Å². The highest BCUT2D eigenvalue weighted by molar-refractivity contribution is 6.24. The van der Waals surface area contributed by atoms with E-state index < -0.39 is 0 Å². The summed E-state index contributed by atoms with van der Waals surface area (Å²) in [6.07, 6.45) is 10.3. The molecule has 0 atom stereocenters. The fourth-order valence-corrected chi connectivity index (χ4v) is 9.31. The number of nitrogens with zero attached hydrogens (tertiary/aromatic N) is 10. The molecule has 396 valence electrons. The second-order valence-electron chi connectivity index (χ2n) is 18.1. The zero-order valence-corrected chi connectivity index (χ0v) is 45.8. The van der Waals surface area contributed by atoms with Crippen molar-refractivity contribution in [2.45, 2.75) is 27.7 Å². The van der Waals surface area contributed by atoms with Crippen molar-refractivity contribution >= 4 is 93.2 Å². The first kappa shape index (κ1) is 55.1. The van der Waals surface area contributed by atoms with Gasteiger partial charge in [0.15, 0.2) is 0 Å². The van der Waals surface area contributed by atoms with E-state index in [9.17, 15) is 0 Å². The maximum absolute atomic E-state index is 4.37. The highest BCUT2D eigenvalue weighted by Crippen LogP contribution is 2.37. The average Bonchev–Trinajstić information content (AvgIpc) is 4.25. The molecule has 0 unspecified atom stereocenters. The normalized spacial score (nSPS) is 11.6. The summed E-state index contributed by atoms with van der Waals surface area (Å²) in [5, 5.41) is 32.8. The number of hydrogen-bond acceptors (Lipinski definition) is 9. The Morgan fingerprint density at radius 1 is 0.309 bits per heavy atom. The molecule has 10 aromatic carbocycles. The summed E-state index contributed by atoms with van der Waals surface area (Å²) >= 11 is 0. The quantitative estimate of drug-likeness (QED) is 0.0899. The molecule has 0 amide bonds. The minimum Gasteiger partial charge on any atom is -0.311 e. The first-order valence-electron chi connectivity index (χ1n) is 26.8. The molecule has 1 heterocycles. The molecule has 0 aliphatic heterocycles. The minimum absolute atomic E-state index is 0.967. The largest absolute Gasteiger partial charge is 0.311 e. The molecule has 0 radical (unpaired) electrons. The van der Waals surface area contributed by atoms with Crippen molar-refractivity contribution in [3.8, 4) is 16.8 Å². The third kappa shape index (κ3) is 13.9. The van der Waals surface area contributed by atoms with Crippen LogP contribution in [0.1, 0.15) is 49.9 Å². The van der Waals surface area contributed by atoms with Crippen molar-refractivity contribution in [2.24, 2.45) is 35.7 Å². The molecule has 0 N–H and O–H groups in total. The summed E-state index contributed by atoms with van der Waals surface area (Å²) in [4.78, 5) is 2.23. The Bertz CT molecular complexity index is 3780. The lowest BCUT2D eigenvalue weighted by Gasteiger charge is -2.25. The lowest BCUT2D eigenvalue weighted by Crippen LogP contribution is -2.09. The SMILES string of the molecule is C/C=N/N(c1ccccc1)c1ccccc1.C/C=N/N=C/c1ccc(-n2c3ccccc3c3ccccc32)cc1.C/C=N/N=C/c1ccc(N(c2ccccc2)c2ccccc2)cc1.CC=NN=C1c2ccccc2-c2ccccc21. The van der Waals surface area contributed by atoms with E-state index in [1.54, 1.807) is 37.3 Å². The van der Waals surface area contributed by atoms with Gasteiger partial charge in [0, 0.05) is 69.5 Å². The molecule has 10 nitrogen and oxygen atoms in total. The fraction of sp³-hybridized carbons (Fsp3) is 0.0563. The number of anilines is 5. The van der Waals surface area contributed by atoms with Crippen molar-refractivity contribution in [3.63, 3.8) is 0 Å². The van der Waals surface area contributed by atoms with Crippen molar-refractivity contribution in [3.05, 3.63) is 289 Å². The summed E-state index contributed by atoms with van der Waals surface area (Å²) in [7, 11) is 0. The summed E-state index contributed by atoms with van der Waals surface area (Å²) in [5.74, 6) is 0. The summed E-state index contributed by atoms with van der Waals surface area (Å²) in [5.41, 5.74) is 16.9. The molecule has 0 saturated heterocycles. The summed E-state index contributed by atoms with van der Waals surface area (Å²) in [6.45, 7) is 7.48. The lowest BCUT2D eigenvalue weighted by molar-refractivity contribution is 1.09. The number of hydrazone groups is 1. The van der Waals surface area contributed by atoms with Gasteiger partial charge in [0.2, 0.25) is 0 Å². The molecule has 10 heteroatoms. The predicted molar refractivity (Wildman–Crippen MR) is 346 cm³/mol. The van der Waals surface area contributed by atoms with Gasteiger partial charge in [0.1, 0.15) is 5.71 Å². The first-order chi connectivity index (χ1) is 40.1. The number of benzene rings is 10. The Labute approximate surface area is 474 Å². The zero-order chi connectivity index (χ0) is 55.9. The van der Waals surface area contributed by atoms with E-state index in [-0.39, 0.29) is 0 Å². The number of hydrogen-bond donors (Lipinski definition) is 0. The highest BCUT2D eigenvalue weighted by Gasteiger charge is 2.24. The van der Waals surface area contributed by atoms with Crippen LogP contribution in [0.4, 0.5) is 28.4 Å². The van der Waals surface area contributed by atoms with E-state index in [2.05, 4.69) is 215 Å². The van der Waals surface area contributed by atoms with Gasteiger partial charge in [-0.3, -0.25) is 0 Å². The van der Waals surface area contributed by atoms with Gasteiger partial charge in [0.05, 0.1) is 34.8 Å². The van der Waals surface area contributed by atoms with Gasteiger partial charge in [-0.25, -0.2) is 5.01 Å². The first-order valence-corrected chi connectivity index (χ1v) is 26.8. The number of para-hydroxylation sites is 6. The molecular formula is C71H62N10. The second-order valence-corrected chi connectivity index (χ2v) is 18.1. The number of fused-ring (bicyclic) bond motifs is 6. The molecule has 0 fully saturated rings. The van der Waals surface area contributed by atoms with Crippen LogP contribution in [0, 0.1) is 0 Å². The third-order valence-electron chi connectivity index (χ3n) is 12.8. The zero-order valence-electron chi connectivity index (χ0n) is 45.8. The average molecular weight is 1060 g/mol. The molecule has 0 bridgehead atoms. The monoisotopic (exact) mass is 1050 g/mol. The lowest BCUT2D eigenvalue weighted by atomic mass is 10.1. The molecular weight excluding hydrogens is 993 g/mol. The smallest absolute Gasteiger partial charge is 0.101 e. The maximum Gasteiger partial charge on any atom is 0.101 e. The predicted octanol–water partition coefficient (Wildman–Crippen LogP) is 18.1. The van der Waals surface area contributed by atoms with Crippen LogP contribution in [-0.4, -0.2) is 47.6 Å². The fourth-order valence-electron chi connectivity index (χ4n) is 9.31. The Morgan fingerprint density at radius 2 is 0.667 bits per heavy atom. The van der Waals surface area contributed by atoms with Gasteiger partial charge in [-0.2, -0.15) is 35.7 Å². The van der Waals surface area contributed by atoms with Gasteiger partial charge in [-0.15, -0.1) is 0 Å². The van der Waals surface area contributed by atoms with Crippen molar-refractivity contribution in [1.82, 2.24) is 4.57 Å². The van der Waals surface area contributed by atoms with Crippen LogP contribution in [0.25, 0.3) is 38.6 Å². The molecule has 1 aromatic heterocycles. The van der Waals surface area contributed by atoms with E-state index in [1.807, 2.05) is 130 Å². The molecule has 81 heavy (non-hydrogen) atoms. The van der Waals surface area contributed by atoms with Crippen LogP contribution in [0.3, 0.4) is 0 Å². The molecule has 1 aliphatic carbocycles. The van der Waals surface area contributed by atoms with Crippen LogP contribution in [-0.2, 0) is 0 Å². The highest BCUT2D eigenvalue weighted by atomic mass is 15.5. The van der Waals surface area contributed by atoms with Crippen LogP contribution < -0.4 is 9.91 Å². The van der Waals surface area contributed by atoms with Gasteiger partial charge < -0.3 is 9.47 Å². The molecule has 0 saturated carbocycles. The minimum atomic E-state index is 0.967. The van der Waals surface area contributed by atoms with Crippen molar-refractivity contribution in [1.29, 1.82) is 0 Å². The number of rotatable bonds is 12. The van der Waals surface area contributed by atoms with Crippen molar-refractivity contribution in [2.75, 3.05) is 9.91 Å². The Hall–Kier alpha value is -10.7. The second kappa shape index (κ2) is 28.6. The molecule has 1 aliphatic rings. The topological polar surface area (TPSA) is 97.9 Å². The molecule has 11 aromatic rings. The summed E-state index contributed by atoms with van der Waals surface area (Å²) < 4.78 is 2.30. The number of aromatic nitrogens is 1. The van der Waals surface area contributed by atoms with E-state index in [1.165, 1.54) is 44.1 Å². The van der Waals surface area contributed by atoms with Crippen LogP contribution in [0.5, 0.6) is 0 Å². The van der Waals surface area contributed by atoms with Gasteiger partial charge in [-0.1, -0.05) is 182 Å². The Balaban J connectivity index is 0.000000132. The third-order valence-corrected chi connectivity index (χ3v) is 12.8. The van der Waals surface area contributed by atoms with Gasteiger partial charge in [0.25, 0.3) is 0 Å². The van der Waals surface area contributed by atoms with Crippen LogP contribution in [0.2, 0.25) is 0 Å². The molecule has 12 rings (SSSR count). The van der Waals surface area contributed by atoms with Gasteiger partial charge >= 0.3 is 0 Å². The standard InChI is InChI=1S/C21H17N3.C21H19N3.C15H12N2.C14H14N2/c1-2-22-23-15-16-11-13-17(14-12-16)24-20-9-5-3-7-18(20)19-8-4-6-10-21(19)24;1-2-22-23-17-18-13-15-21(16-14-18)24(19-9-5-3-6-10-19)20-11-7-4-8-12-20;1-2-16-17-15-13-9-5-3-7-11(13)12-8-4-6-10-14(12)15;1-2-15-16(13-9-5-3-6-10-13)14-11-7-4-8-12-14/h2-15H,1H3;2-17H,1H3;2-10H,1H3;2-12H,1H3/b22-2+,23-15+;22-2+,23-17+;;15-2+. The Kier molecular flexibility index (Phi) is 19.4. The van der Waals surface area contributed by atoms with Crippen molar-refractivity contribution < 1.29 is 0 Å². The summed E-state index contributed by atoms with van der Waals surface area (Å²) in [6, 6.07) is 91.2.